The molecule has 1 aliphatic carbocycles. The number of hydrogen-bond donors (Lipinski definition) is 2. The highest BCUT2D eigenvalue weighted by Gasteiger charge is 2.38. The molecule has 1 aromatic heterocycles. The number of hydrogen-bond acceptors (Lipinski definition) is 3. The fourth-order valence-corrected chi connectivity index (χ4v) is 2.51. The van der Waals surface area contributed by atoms with Crippen molar-refractivity contribution in [2.45, 2.75) is 44.3 Å². The van der Waals surface area contributed by atoms with E-state index in [-0.39, 0.29) is 6.04 Å². The van der Waals surface area contributed by atoms with Crippen molar-refractivity contribution < 1.29 is 4.39 Å². The van der Waals surface area contributed by atoms with Gasteiger partial charge >= 0.3 is 0 Å². The number of anilines is 1. The van der Waals surface area contributed by atoms with Crippen molar-refractivity contribution in [1.29, 1.82) is 0 Å². The van der Waals surface area contributed by atoms with Crippen LogP contribution in [-0.4, -0.2) is 11.0 Å². The number of pyridine rings is 1. The molecule has 16 heavy (non-hydrogen) atoms. The Morgan fingerprint density at radius 3 is 2.62 bits per heavy atom. The highest BCUT2D eigenvalue weighted by atomic mass is 19.1. The number of halogens is 1. The maximum absolute atomic E-state index is 14.8. The lowest BCUT2D eigenvalue weighted by molar-refractivity contribution is 0.0977. The second kappa shape index (κ2) is 4.01. The Bertz CT molecular complexity index is 364. The summed E-state index contributed by atoms with van der Waals surface area (Å²) < 4.78 is 14.8. The molecule has 1 saturated carbocycles. The van der Waals surface area contributed by atoms with E-state index in [4.69, 9.17) is 11.5 Å². The van der Waals surface area contributed by atoms with Gasteiger partial charge in [0.05, 0.1) is 0 Å². The number of nitrogens with two attached hydrogens (primary N) is 2. The predicted octanol–water partition coefficient (Wildman–Crippen LogP) is 2.04. The molecule has 0 spiro atoms. The van der Waals surface area contributed by atoms with Crippen LogP contribution < -0.4 is 11.5 Å². The van der Waals surface area contributed by atoms with Crippen molar-refractivity contribution >= 4 is 5.82 Å². The average Bonchev–Trinajstić information content (AvgIpc) is 2.23. The second-order valence-corrected chi connectivity index (χ2v) is 4.69. The molecule has 2 rings (SSSR count). The first kappa shape index (κ1) is 11.3. The quantitative estimate of drug-likeness (QED) is 0.765. The van der Waals surface area contributed by atoms with Gasteiger partial charge in [-0.25, -0.2) is 9.37 Å². The van der Waals surface area contributed by atoms with Crippen LogP contribution in [0.2, 0.25) is 0 Å². The standard InChI is InChI=1S/C12H18FN3/c1-8-4-7-16-11(15)10(8)12(13)5-2-9(14)3-6-12/h4,7,9H,2-3,5-6,14H2,1H3,(H2,15,16). The van der Waals surface area contributed by atoms with E-state index in [1.165, 1.54) is 0 Å². The van der Waals surface area contributed by atoms with Gasteiger partial charge in [0.15, 0.2) is 0 Å². The fourth-order valence-electron chi connectivity index (χ4n) is 2.51. The van der Waals surface area contributed by atoms with Gasteiger partial charge in [0.2, 0.25) is 0 Å². The lowest BCUT2D eigenvalue weighted by Crippen LogP contribution is -2.35. The molecule has 0 aliphatic heterocycles. The van der Waals surface area contributed by atoms with Crippen molar-refractivity contribution in [3.8, 4) is 0 Å². The minimum atomic E-state index is -1.34. The molecule has 1 aliphatic rings. The molecule has 88 valence electrons. The summed E-state index contributed by atoms with van der Waals surface area (Å²) in [7, 11) is 0. The zero-order valence-electron chi connectivity index (χ0n) is 9.54. The summed E-state index contributed by atoms with van der Waals surface area (Å²) in [5, 5.41) is 0. The minimum absolute atomic E-state index is 0.127. The molecule has 0 bridgehead atoms. The molecule has 0 amide bonds. The number of nitrogens with zero attached hydrogens (tertiary/aromatic N) is 1. The molecule has 4 N–H and O–H groups in total. The number of rotatable bonds is 1. The van der Waals surface area contributed by atoms with Crippen LogP contribution in [0.15, 0.2) is 12.3 Å². The summed E-state index contributed by atoms with van der Waals surface area (Å²) in [6.07, 6.45) is 3.94. The van der Waals surface area contributed by atoms with Gasteiger partial charge in [-0.3, -0.25) is 0 Å². The van der Waals surface area contributed by atoms with E-state index in [1.807, 2.05) is 13.0 Å². The SMILES string of the molecule is Cc1ccnc(N)c1C1(F)CCC(N)CC1. The average molecular weight is 223 g/mol. The van der Waals surface area contributed by atoms with Gasteiger partial charge in [-0.05, 0) is 44.2 Å². The molecule has 1 heterocycles. The van der Waals surface area contributed by atoms with E-state index in [9.17, 15) is 4.39 Å². The summed E-state index contributed by atoms with van der Waals surface area (Å²) in [6.45, 7) is 1.88. The van der Waals surface area contributed by atoms with Gasteiger partial charge in [0, 0.05) is 17.8 Å². The predicted molar refractivity (Wildman–Crippen MR) is 62.6 cm³/mol. The molecule has 0 saturated heterocycles. The van der Waals surface area contributed by atoms with E-state index in [0.717, 1.165) is 5.56 Å². The zero-order chi connectivity index (χ0) is 11.8. The van der Waals surface area contributed by atoms with Gasteiger partial charge in [-0.2, -0.15) is 0 Å². The number of aryl methyl sites for hydroxylation is 1. The van der Waals surface area contributed by atoms with Crippen molar-refractivity contribution in [2.75, 3.05) is 5.73 Å². The van der Waals surface area contributed by atoms with Gasteiger partial charge in [0.1, 0.15) is 11.5 Å². The van der Waals surface area contributed by atoms with E-state index in [1.54, 1.807) is 6.20 Å². The molecule has 1 fully saturated rings. The highest BCUT2D eigenvalue weighted by molar-refractivity contribution is 5.48. The highest BCUT2D eigenvalue weighted by Crippen LogP contribution is 2.43. The lowest BCUT2D eigenvalue weighted by atomic mass is 9.78. The largest absolute Gasteiger partial charge is 0.383 e. The third kappa shape index (κ3) is 1.89. The molecule has 4 heteroatoms. The van der Waals surface area contributed by atoms with Crippen molar-refractivity contribution in [2.24, 2.45) is 5.73 Å². The third-order valence-electron chi connectivity index (χ3n) is 3.46. The smallest absolute Gasteiger partial charge is 0.139 e. The number of aromatic nitrogens is 1. The van der Waals surface area contributed by atoms with Crippen molar-refractivity contribution in [3.63, 3.8) is 0 Å². The van der Waals surface area contributed by atoms with Crippen LogP contribution in [0, 0.1) is 6.92 Å². The molecule has 1 aromatic rings. The first-order chi connectivity index (χ1) is 7.53. The van der Waals surface area contributed by atoms with E-state index < -0.39 is 5.67 Å². The molecule has 0 aromatic carbocycles. The zero-order valence-corrected chi connectivity index (χ0v) is 9.54. The van der Waals surface area contributed by atoms with Crippen LogP contribution in [0.25, 0.3) is 0 Å². The number of nitrogen functional groups attached to an aromatic ring is 1. The van der Waals surface area contributed by atoms with Crippen LogP contribution in [0.4, 0.5) is 10.2 Å². The Morgan fingerprint density at radius 2 is 2.06 bits per heavy atom. The van der Waals surface area contributed by atoms with Crippen LogP contribution >= 0.6 is 0 Å². The van der Waals surface area contributed by atoms with Gasteiger partial charge in [-0.15, -0.1) is 0 Å². The first-order valence-corrected chi connectivity index (χ1v) is 5.69. The van der Waals surface area contributed by atoms with E-state index in [0.29, 0.717) is 37.1 Å². The van der Waals surface area contributed by atoms with E-state index >= 15 is 0 Å². The monoisotopic (exact) mass is 223 g/mol. The molecule has 0 atom stereocenters. The van der Waals surface area contributed by atoms with Crippen LogP contribution in [0.3, 0.4) is 0 Å². The summed E-state index contributed by atoms with van der Waals surface area (Å²) in [6, 6.07) is 1.93. The van der Waals surface area contributed by atoms with Crippen LogP contribution in [-0.2, 0) is 5.67 Å². The normalized spacial score (nSPS) is 30.3. The van der Waals surface area contributed by atoms with Gasteiger partial charge in [-0.1, -0.05) is 0 Å². The summed E-state index contributed by atoms with van der Waals surface area (Å²) >= 11 is 0. The van der Waals surface area contributed by atoms with Crippen LogP contribution in [0.5, 0.6) is 0 Å². The Hall–Kier alpha value is -1.16. The maximum Gasteiger partial charge on any atom is 0.139 e. The maximum atomic E-state index is 14.8. The minimum Gasteiger partial charge on any atom is -0.383 e. The van der Waals surface area contributed by atoms with Gasteiger partial charge in [0.25, 0.3) is 0 Å². The molecule has 0 radical (unpaired) electrons. The summed E-state index contributed by atoms with van der Waals surface area (Å²) in [4.78, 5) is 3.99. The molecule has 3 nitrogen and oxygen atoms in total. The second-order valence-electron chi connectivity index (χ2n) is 4.69. The molecular formula is C12H18FN3. The first-order valence-electron chi connectivity index (χ1n) is 5.69. The Labute approximate surface area is 95.0 Å². The Balaban J connectivity index is 2.36. The Kier molecular flexibility index (Phi) is 2.84. The summed E-state index contributed by atoms with van der Waals surface area (Å²) in [5.41, 5.74) is 11.7. The fraction of sp³-hybridized carbons (Fsp3) is 0.583. The molecule has 0 unspecified atom stereocenters. The topological polar surface area (TPSA) is 64.9 Å². The number of alkyl halides is 1. The van der Waals surface area contributed by atoms with Crippen molar-refractivity contribution in [1.82, 2.24) is 4.98 Å². The van der Waals surface area contributed by atoms with Crippen LogP contribution in [0.1, 0.15) is 36.8 Å². The van der Waals surface area contributed by atoms with E-state index in [2.05, 4.69) is 4.98 Å². The van der Waals surface area contributed by atoms with Crippen molar-refractivity contribution in [3.05, 3.63) is 23.4 Å². The third-order valence-corrected chi connectivity index (χ3v) is 3.46. The molecular weight excluding hydrogens is 205 g/mol. The lowest BCUT2D eigenvalue weighted by Gasteiger charge is -2.34. The summed E-state index contributed by atoms with van der Waals surface area (Å²) in [5.74, 6) is 0.318. The Morgan fingerprint density at radius 1 is 1.44 bits per heavy atom. The van der Waals surface area contributed by atoms with Gasteiger partial charge < -0.3 is 11.5 Å².